The predicted molar refractivity (Wildman–Crippen MR) is 75.0 cm³/mol. The highest BCUT2D eigenvalue weighted by Gasteiger charge is 2.30. The first-order valence-corrected chi connectivity index (χ1v) is 6.87. The minimum Gasteiger partial charge on any atom is -0.354 e. The Morgan fingerprint density at radius 1 is 1.19 bits per heavy atom. The molecule has 3 nitrogen and oxygen atoms in total. The molecule has 0 fully saturated rings. The van der Waals surface area contributed by atoms with E-state index in [1.807, 2.05) is 6.92 Å². The lowest BCUT2D eigenvalue weighted by atomic mass is 10.0. The van der Waals surface area contributed by atoms with Gasteiger partial charge in [0.2, 0.25) is 0 Å². The zero-order valence-corrected chi connectivity index (χ0v) is 12.5. The van der Waals surface area contributed by atoms with E-state index in [1.165, 1.54) is 26.4 Å². The van der Waals surface area contributed by atoms with E-state index in [-0.39, 0.29) is 6.04 Å². The molecule has 1 aromatic carbocycles. The molecule has 0 aliphatic carbocycles. The first-order chi connectivity index (χ1) is 9.92. The van der Waals surface area contributed by atoms with Crippen LogP contribution in [-0.2, 0) is 22.1 Å². The molecular formula is C15H22F3NO2. The Kier molecular flexibility index (Phi) is 7.14. The van der Waals surface area contributed by atoms with Crippen molar-refractivity contribution in [3.05, 3.63) is 35.4 Å². The number of alkyl halides is 3. The summed E-state index contributed by atoms with van der Waals surface area (Å²) in [7, 11) is 3.03. The fraction of sp³-hybridized carbons (Fsp3) is 0.600. The number of ether oxygens (including phenoxy) is 2. The molecule has 0 saturated heterocycles. The molecule has 0 heterocycles. The van der Waals surface area contributed by atoms with Crippen LogP contribution in [0.1, 0.15) is 24.5 Å². The van der Waals surface area contributed by atoms with Crippen molar-refractivity contribution in [1.29, 1.82) is 0 Å². The standard InChI is InChI=1S/C15H22F3NO2/c1-4-8-19-13(14(20-2)21-3)10-11-6-5-7-12(9-11)15(16,17)18/h5-7,9,13-14,19H,4,8,10H2,1-3H3. The summed E-state index contributed by atoms with van der Waals surface area (Å²) >= 11 is 0. The van der Waals surface area contributed by atoms with E-state index in [4.69, 9.17) is 9.47 Å². The van der Waals surface area contributed by atoms with Gasteiger partial charge < -0.3 is 14.8 Å². The summed E-state index contributed by atoms with van der Waals surface area (Å²) < 4.78 is 48.6. The van der Waals surface area contributed by atoms with Crippen LogP contribution in [0.3, 0.4) is 0 Å². The molecule has 0 aromatic heterocycles. The van der Waals surface area contributed by atoms with Crippen LogP contribution in [0.5, 0.6) is 0 Å². The average molecular weight is 305 g/mol. The van der Waals surface area contributed by atoms with Crippen LogP contribution in [-0.4, -0.2) is 33.1 Å². The third kappa shape index (κ3) is 5.65. The lowest BCUT2D eigenvalue weighted by Crippen LogP contribution is -2.44. The van der Waals surface area contributed by atoms with Crippen molar-refractivity contribution in [2.45, 2.75) is 38.3 Å². The molecular weight excluding hydrogens is 283 g/mol. The predicted octanol–water partition coefficient (Wildman–Crippen LogP) is 3.24. The summed E-state index contributed by atoms with van der Waals surface area (Å²) in [5, 5.41) is 3.25. The Balaban J connectivity index is 2.87. The molecule has 1 rings (SSSR count). The van der Waals surface area contributed by atoms with Gasteiger partial charge in [-0.15, -0.1) is 0 Å². The number of hydrogen-bond donors (Lipinski definition) is 1. The molecule has 1 atom stereocenters. The van der Waals surface area contributed by atoms with Gasteiger partial charge in [-0.2, -0.15) is 13.2 Å². The molecule has 0 bridgehead atoms. The second-order valence-electron chi connectivity index (χ2n) is 4.80. The van der Waals surface area contributed by atoms with Crippen LogP contribution in [0, 0.1) is 0 Å². The fourth-order valence-corrected chi connectivity index (χ4v) is 2.15. The van der Waals surface area contributed by atoms with Crippen molar-refractivity contribution in [2.75, 3.05) is 20.8 Å². The molecule has 0 amide bonds. The summed E-state index contributed by atoms with van der Waals surface area (Å²) in [6.45, 7) is 2.76. The van der Waals surface area contributed by atoms with Crippen LogP contribution in [0.2, 0.25) is 0 Å². The van der Waals surface area contributed by atoms with Crippen LogP contribution in [0.15, 0.2) is 24.3 Å². The molecule has 0 aliphatic heterocycles. The quantitative estimate of drug-likeness (QED) is 0.748. The highest BCUT2D eigenvalue weighted by molar-refractivity contribution is 5.26. The lowest BCUT2D eigenvalue weighted by Gasteiger charge is -2.26. The molecule has 1 N–H and O–H groups in total. The van der Waals surface area contributed by atoms with Gasteiger partial charge in [0.05, 0.1) is 11.6 Å². The number of methoxy groups -OCH3 is 2. The number of benzene rings is 1. The molecule has 0 radical (unpaired) electrons. The van der Waals surface area contributed by atoms with Gasteiger partial charge in [-0.25, -0.2) is 0 Å². The first kappa shape index (κ1) is 17.9. The van der Waals surface area contributed by atoms with Crippen LogP contribution < -0.4 is 5.32 Å². The minimum absolute atomic E-state index is 0.205. The van der Waals surface area contributed by atoms with E-state index in [0.717, 1.165) is 19.0 Å². The molecule has 0 spiro atoms. The third-order valence-corrected chi connectivity index (χ3v) is 3.16. The summed E-state index contributed by atoms with van der Waals surface area (Å²) in [6.07, 6.45) is -3.52. The summed E-state index contributed by atoms with van der Waals surface area (Å²) in [4.78, 5) is 0. The molecule has 120 valence electrons. The lowest BCUT2D eigenvalue weighted by molar-refractivity contribution is -0.137. The van der Waals surface area contributed by atoms with Crippen molar-refractivity contribution >= 4 is 0 Å². The maximum absolute atomic E-state index is 12.7. The van der Waals surface area contributed by atoms with Crippen molar-refractivity contribution in [2.24, 2.45) is 0 Å². The van der Waals surface area contributed by atoms with Gasteiger partial charge in [0.15, 0.2) is 6.29 Å². The van der Waals surface area contributed by atoms with Gasteiger partial charge in [-0.3, -0.25) is 0 Å². The highest BCUT2D eigenvalue weighted by Crippen LogP contribution is 2.29. The normalized spacial score (nSPS) is 13.7. The maximum Gasteiger partial charge on any atom is 0.416 e. The Hall–Kier alpha value is -1.11. The Labute approximate surface area is 123 Å². The fourth-order valence-electron chi connectivity index (χ4n) is 2.15. The SMILES string of the molecule is CCCNC(Cc1cccc(C(F)(F)F)c1)C(OC)OC. The van der Waals surface area contributed by atoms with Crippen molar-refractivity contribution in [3.63, 3.8) is 0 Å². The number of nitrogens with one attached hydrogen (secondary N) is 1. The smallest absolute Gasteiger partial charge is 0.354 e. The number of halogens is 3. The average Bonchev–Trinajstić information content (AvgIpc) is 2.45. The van der Waals surface area contributed by atoms with E-state index in [2.05, 4.69) is 5.32 Å². The van der Waals surface area contributed by atoms with E-state index in [9.17, 15) is 13.2 Å². The molecule has 0 saturated carbocycles. The molecule has 1 unspecified atom stereocenters. The number of rotatable bonds is 8. The molecule has 0 aliphatic rings. The number of hydrogen-bond acceptors (Lipinski definition) is 3. The maximum atomic E-state index is 12.7. The largest absolute Gasteiger partial charge is 0.416 e. The Morgan fingerprint density at radius 3 is 2.38 bits per heavy atom. The van der Waals surface area contributed by atoms with Crippen molar-refractivity contribution < 1.29 is 22.6 Å². The summed E-state index contributed by atoms with van der Waals surface area (Å²) in [5.41, 5.74) is -0.0434. The van der Waals surface area contributed by atoms with Crippen LogP contribution in [0.4, 0.5) is 13.2 Å². The van der Waals surface area contributed by atoms with Crippen LogP contribution in [0.25, 0.3) is 0 Å². The van der Waals surface area contributed by atoms with Crippen molar-refractivity contribution in [1.82, 2.24) is 5.32 Å². The first-order valence-electron chi connectivity index (χ1n) is 6.87. The monoisotopic (exact) mass is 305 g/mol. The zero-order valence-electron chi connectivity index (χ0n) is 12.5. The van der Waals surface area contributed by atoms with Gasteiger partial charge in [-0.05, 0) is 31.0 Å². The van der Waals surface area contributed by atoms with Gasteiger partial charge in [0.1, 0.15) is 0 Å². The zero-order chi connectivity index (χ0) is 15.9. The summed E-state index contributed by atoms with van der Waals surface area (Å²) in [6, 6.07) is 5.14. The molecule has 21 heavy (non-hydrogen) atoms. The van der Waals surface area contributed by atoms with Gasteiger partial charge in [0, 0.05) is 14.2 Å². The molecule has 6 heteroatoms. The minimum atomic E-state index is -4.33. The Morgan fingerprint density at radius 2 is 1.86 bits per heavy atom. The second-order valence-corrected chi connectivity index (χ2v) is 4.80. The van der Waals surface area contributed by atoms with E-state index in [0.29, 0.717) is 12.0 Å². The summed E-state index contributed by atoms with van der Waals surface area (Å²) in [5.74, 6) is 0. The highest BCUT2D eigenvalue weighted by atomic mass is 19.4. The second kappa shape index (κ2) is 8.36. The molecule has 1 aromatic rings. The van der Waals surface area contributed by atoms with Crippen LogP contribution >= 0.6 is 0 Å². The van der Waals surface area contributed by atoms with Gasteiger partial charge >= 0.3 is 6.18 Å². The topological polar surface area (TPSA) is 30.5 Å². The van der Waals surface area contributed by atoms with E-state index < -0.39 is 18.0 Å². The van der Waals surface area contributed by atoms with Gasteiger partial charge in [-0.1, -0.05) is 25.1 Å². The van der Waals surface area contributed by atoms with E-state index in [1.54, 1.807) is 6.07 Å². The van der Waals surface area contributed by atoms with E-state index >= 15 is 0 Å². The Bertz CT molecular complexity index is 420. The van der Waals surface area contributed by atoms with Crippen molar-refractivity contribution in [3.8, 4) is 0 Å². The third-order valence-electron chi connectivity index (χ3n) is 3.16. The van der Waals surface area contributed by atoms with Gasteiger partial charge in [0.25, 0.3) is 0 Å².